The van der Waals surface area contributed by atoms with E-state index < -0.39 is 0 Å². The van der Waals surface area contributed by atoms with Gasteiger partial charge in [-0.3, -0.25) is 9.59 Å². The Morgan fingerprint density at radius 1 is 0.892 bits per heavy atom. The van der Waals surface area contributed by atoms with Crippen LogP contribution in [0.2, 0.25) is 0 Å². The normalized spacial score (nSPS) is 18.3. The van der Waals surface area contributed by atoms with Crippen LogP contribution in [0.3, 0.4) is 0 Å². The maximum Gasteiger partial charge on any atom is 0.308 e. The number of carbonyl (C=O) groups is 2. The third-order valence-electron chi connectivity index (χ3n) is 7.82. The summed E-state index contributed by atoms with van der Waals surface area (Å²) >= 11 is 0. The van der Waals surface area contributed by atoms with E-state index in [2.05, 4.69) is 83.7 Å². The van der Waals surface area contributed by atoms with Gasteiger partial charge in [-0.1, -0.05) is 66.7 Å². The molecule has 1 unspecified atom stereocenters. The first-order chi connectivity index (χ1) is 18.0. The monoisotopic (exact) mass is 494 g/mol. The van der Waals surface area contributed by atoms with Crippen LogP contribution in [0, 0.1) is 11.8 Å². The van der Waals surface area contributed by atoms with Gasteiger partial charge in [0.25, 0.3) is 5.91 Å². The van der Waals surface area contributed by atoms with E-state index in [0.717, 1.165) is 36.6 Å². The zero-order valence-electron chi connectivity index (χ0n) is 21.5. The number of carbonyl (C=O) groups excluding carboxylic acids is 2. The molecule has 1 aliphatic rings. The molecule has 1 atom stereocenters. The molecule has 5 nitrogen and oxygen atoms in total. The molecule has 1 aromatic heterocycles. The number of hydrogen-bond acceptors (Lipinski definition) is 3. The van der Waals surface area contributed by atoms with Crippen LogP contribution in [0.25, 0.3) is 22.0 Å². The molecule has 1 heterocycles. The van der Waals surface area contributed by atoms with Gasteiger partial charge in [-0.25, -0.2) is 0 Å². The molecule has 5 heteroatoms. The summed E-state index contributed by atoms with van der Waals surface area (Å²) in [6.07, 6.45) is 5.53. The number of aromatic nitrogens is 1. The van der Waals surface area contributed by atoms with E-state index in [9.17, 15) is 9.59 Å². The minimum absolute atomic E-state index is 0.0112. The van der Waals surface area contributed by atoms with Crippen molar-refractivity contribution in [1.29, 1.82) is 0 Å². The number of ether oxygens (including phenoxy) is 1. The molecule has 0 spiro atoms. The summed E-state index contributed by atoms with van der Waals surface area (Å²) in [6.45, 7) is 2.77. The first kappa shape index (κ1) is 24.8. The van der Waals surface area contributed by atoms with E-state index in [4.69, 9.17) is 4.74 Å². The summed E-state index contributed by atoms with van der Waals surface area (Å²) in [5.41, 5.74) is 5.22. The molecule has 37 heavy (non-hydrogen) atoms. The molecule has 0 aliphatic heterocycles. The molecule has 0 radical (unpaired) electrons. The number of nitrogens with zero attached hydrogens (tertiary/aromatic N) is 1. The summed E-state index contributed by atoms with van der Waals surface area (Å²) in [4.78, 5) is 25.3. The molecule has 1 fully saturated rings. The van der Waals surface area contributed by atoms with Crippen molar-refractivity contribution in [1.82, 2.24) is 9.88 Å². The molecule has 1 N–H and O–H groups in total. The Hall–Kier alpha value is -3.86. The maximum absolute atomic E-state index is 13.4. The minimum Gasteiger partial charge on any atom is -0.469 e. The van der Waals surface area contributed by atoms with E-state index >= 15 is 0 Å². The number of methoxy groups -OCH3 is 1. The Balaban J connectivity index is 1.30. The van der Waals surface area contributed by atoms with Crippen LogP contribution in [0.1, 0.15) is 48.5 Å². The fraction of sp³-hybridized carbons (Fsp3) is 0.312. The van der Waals surface area contributed by atoms with Crippen molar-refractivity contribution in [2.75, 3.05) is 7.11 Å². The quantitative estimate of drug-likeness (QED) is 0.300. The lowest BCUT2D eigenvalue weighted by Crippen LogP contribution is -2.40. The Morgan fingerprint density at radius 3 is 2.30 bits per heavy atom. The fourth-order valence-corrected chi connectivity index (χ4v) is 5.63. The molecular formula is C32H34N2O3. The number of benzene rings is 3. The molecule has 1 aliphatic carbocycles. The van der Waals surface area contributed by atoms with E-state index in [1.54, 1.807) is 0 Å². The molecule has 0 bridgehead atoms. The van der Waals surface area contributed by atoms with Gasteiger partial charge in [0.15, 0.2) is 0 Å². The number of fused-ring (bicyclic) bond motifs is 1. The number of nitrogens with one attached hydrogen (secondary N) is 1. The van der Waals surface area contributed by atoms with Gasteiger partial charge in [0.05, 0.1) is 24.1 Å². The predicted molar refractivity (Wildman–Crippen MR) is 147 cm³/mol. The summed E-state index contributed by atoms with van der Waals surface area (Å²) in [5.74, 6) is 0.187. The van der Waals surface area contributed by atoms with Gasteiger partial charge < -0.3 is 14.6 Å². The van der Waals surface area contributed by atoms with Crippen molar-refractivity contribution in [3.05, 3.63) is 96.2 Å². The highest BCUT2D eigenvalue weighted by molar-refractivity contribution is 6.06. The van der Waals surface area contributed by atoms with Crippen molar-refractivity contribution in [2.45, 2.75) is 45.2 Å². The first-order valence-corrected chi connectivity index (χ1v) is 13.1. The van der Waals surface area contributed by atoms with Crippen LogP contribution in [-0.4, -0.2) is 29.6 Å². The topological polar surface area (TPSA) is 60.3 Å². The summed E-state index contributed by atoms with van der Waals surface area (Å²) < 4.78 is 7.07. The van der Waals surface area contributed by atoms with Gasteiger partial charge in [-0.2, -0.15) is 0 Å². The van der Waals surface area contributed by atoms with Crippen molar-refractivity contribution in [3.8, 4) is 11.1 Å². The number of hydrogen-bond donors (Lipinski definition) is 1. The highest BCUT2D eigenvalue weighted by atomic mass is 16.5. The zero-order valence-corrected chi connectivity index (χ0v) is 21.5. The van der Waals surface area contributed by atoms with Gasteiger partial charge in [0.1, 0.15) is 0 Å². The second-order valence-corrected chi connectivity index (χ2v) is 10.1. The Labute approximate surface area is 218 Å². The van der Waals surface area contributed by atoms with Gasteiger partial charge in [-0.15, -0.1) is 0 Å². The van der Waals surface area contributed by atoms with E-state index in [0.29, 0.717) is 18.0 Å². The van der Waals surface area contributed by atoms with E-state index in [1.165, 1.54) is 23.8 Å². The number of amides is 1. The molecular weight excluding hydrogens is 460 g/mol. The number of para-hydroxylation sites is 1. The van der Waals surface area contributed by atoms with Crippen molar-refractivity contribution < 1.29 is 14.3 Å². The first-order valence-electron chi connectivity index (χ1n) is 13.1. The molecule has 4 aromatic rings. The van der Waals surface area contributed by atoms with Crippen molar-refractivity contribution >= 4 is 22.8 Å². The molecule has 1 amide bonds. The van der Waals surface area contributed by atoms with Crippen molar-refractivity contribution in [3.63, 3.8) is 0 Å². The van der Waals surface area contributed by atoms with Crippen LogP contribution in [0.4, 0.5) is 0 Å². The molecule has 190 valence electrons. The van der Waals surface area contributed by atoms with Crippen LogP contribution < -0.4 is 5.32 Å². The van der Waals surface area contributed by atoms with Crippen LogP contribution in [0.15, 0.2) is 85.1 Å². The van der Waals surface area contributed by atoms with Crippen LogP contribution in [0.5, 0.6) is 0 Å². The van der Waals surface area contributed by atoms with Gasteiger partial charge in [0.2, 0.25) is 0 Å². The highest BCUT2D eigenvalue weighted by Crippen LogP contribution is 2.32. The summed E-state index contributed by atoms with van der Waals surface area (Å²) in [5, 5.41) is 4.31. The lowest BCUT2D eigenvalue weighted by atomic mass is 9.79. The fourth-order valence-electron chi connectivity index (χ4n) is 5.63. The zero-order chi connectivity index (χ0) is 25.8. The molecule has 5 rings (SSSR count). The molecule has 3 aromatic carbocycles. The average molecular weight is 495 g/mol. The standard InChI is InChI=1S/C32H34N2O3/c1-22(24-15-17-28(18-16-24)32(36)37-2)33-31(35)29-10-6-9-27-19-20-34(30(27)29)21-23-11-13-26(14-12-23)25-7-4-3-5-8-25/h3-14,19-20,22,24,28H,15-18,21H2,1-2H3,(H,33,35)/t22?,24-,28-. The second kappa shape index (κ2) is 11.0. The predicted octanol–water partition coefficient (Wildman–Crippen LogP) is 6.45. The Bertz CT molecular complexity index is 1370. The van der Waals surface area contributed by atoms with Gasteiger partial charge in [-0.05, 0) is 67.3 Å². The largest absolute Gasteiger partial charge is 0.469 e. The highest BCUT2D eigenvalue weighted by Gasteiger charge is 2.30. The number of esters is 1. The van der Waals surface area contributed by atoms with E-state index in [1.807, 2.05) is 18.2 Å². The maximum atomic E-state index is 13.4. The third kappa shape index (κ3) is 5.46. The average Bonchev–Trinajstić information content (AvgIpc) is 3.36. The smallest absolute Gasteiger partial charge is 0.308 e. The van der Waals surface area contributed by atoms with E-state index in [-0.39, 0.29) is 23.8 Å². The molecule has 1 saturated carbocycles. The number of rotatable bonds is 7. The summed E-state index contributed by atoms with van der Waals surface area (Å²) in [6, 6.07) is 27.0. The summed E-state index contributed by atoms with van der Waals surface area (Å²) in [7, 11) is 1.45. The third-order valence-corrected chi connectivity index (χ3v) is 7.82. The Morgan fingerprint density at radius 2 is 1.59 bits per heavy atom. The molecule has 0 saturated heterocycles. The SMILES string of the molecule is COC(=O)[C@H]1CC[C@H](C(C)NC(=O)c2cccc3ccn(Cc4ccc(-c5ccccc5)cc4)c23)CC1. The van der Waals surface area contributed by atoms with Crippen LogP contribution in [-0.2, 0) is 16.1 Å². The lowest BCUT2D eigenvalue weighted by molar-refractivity contribution is -0.146. The second-order valence-electron chi connectivity index (χ2n) is 10.1. The Kier molecular flexibility index (Phi) is 7.40. The van der Waals surface area contributed by atoms with Gasteiger partial charge >= 0.3 is 5.97 Å². The van der Waals surface area contributed by atoms with Crippen molar-refractivity contribution in [2.24, 2.45) is 11.8 Å². The van der Waals surface area contributed by atoms with Crippen LogP contribution >= 0.6 is 0 Å². The van der Waals surface area contributed by atoms with Gasteiger partial charge in [0, 0.05) is 24.2 Å². The minimum atomic E-state index is -0.114. The lowest BCUT2D eigenvalue weighted by Gasteiger charge is -2.31.